The minimum atomic E-state index is -0.0613. The summed E-state index contributed by atoms with van der Waals surface area (Å²) in [6.07, 6.45) is 3.82. The van der Waals surface area contributed by atoms with Crippen LogP contribution in [0.15, 0.2) is 0 Å². The molecule has 0 aromatic heterocycles. The molecule has 134 valence electrons. The molecule has 2 saturated heterocycles. The molecule has 3 fully saturated rings. The molecule has 3 rings (SSSR count). The third kappa shape index (κ3) is 3.73. The first kappa shape index (κ1) is 17.2. The summed E-state index contributed by atoms with van der Waals surface area (Å²) in [5.41, 5.74) is 0. The van der Waals surface area contributed by atoms with E-state index in [0.29, 0.717) is 32.7 Å². The van der Waals surface area contributed by atoms with E-state index in [9.17, 15) is 14.4 Å². The summed E-state index contributed by atoms with van der Waals surface area (Å²) in [4.78, 5) is 42.7. The summed E-state index contributed by atoms with van der Waals surface area (Å²) in [7, 11) is 0. The zero-order valence-electron chi connectivity index (χ0n) is 14.9. The third-order valence-corrected chi connectivity index (χ3v) is 5.41. The summed E-state index contributed by atoms with van der Waals surface area (Å²) >= 11 is 0. The van der Waals surface area contributed by atoms with Crippen LogP contribution in [0.25, 0.3) is 0 Å². The lowest BCUT2D eigenvalue weighted by atomic mass is 9.95. The molecule has 24 heavy (non-hydrogen) atoms. The fourth-order valence-electron chi connectivity index (χ4n) is 3.74. The monoisotopic (exact) mass is 335 g/mol. The quantitative estimate of drug-likeness (QED) is 0.772. The highest BCUT2D eigenvalue weighted by Crippen LogP contribution is 2.32. The fourth-order valence-corrected chi connectivity index (χ4v) is 3.74. The molecule has 2 heterocycles. The standard InChI is InChI=1S/C18H29N3O3/c1-13(2)16(22)19-8-10-20(11-9-19)18(24)15-4-3-7-21(12-15)17(23)14-5-6-14/h13-15H,3-12H2,1-2H3. The highest BCUT2D eigenvalue weighted by atomic mass is 16.2. The van der Waals surface area contributed by atoms with Crippen LogP contribution in [-0.4, -0.2) is 71.7 Å². The van der Waals surface area contributed by atoms with Gasteiger partial charge in [-0.2, -0.15) is 0 Å². The maximum Gasteiger partial charge on any atom is 0.227 e. The summed E-state index contributed by atoms with van der Waals surface area (Å²) in [6, 6.07) is 0. The van der Waals surface area contributed by atoms with Crippen LogP contribution in [0.3, 0.4) is 0 Å². The number of nitrogens with zero attached hydrogens (tertiary/aromatic N) is 3. The van der Waals surface area contributed by atoms with Gasteiger partial charge in [0.1, 0.15) is 0 Å². The maximum absolute atomic E-state index is 12.8. The van der Waals surface area contributed by atoms with Gasteiger partial charge < -0.3 is 14.7 Å². The van der Waals surface area contributed by atoms with Crippen molar-refractivity contribution in [3.63, 3.8) is 0 Å². The van der Waals surface area contributed by atoms with Gasteiger partial charge in [0.2, 0.25) is 17.7 Å². The fraction of sp³-hybridized carbons (Fsp3) is 0.833. The van der Waals surface area contributed by atoms with Crippen LogP contribution in [0, 0.1) is 17.8 Å². The first-order valence-corrected chi connectivity index (χ1v) is 9.33. The van der Waals surface area contributed by atoms with Crippen LogP contribution in [0.2, 0.25) is 0 Å². The van der Waals surface area contributed by atoms with Crippen LogP contribution in [-0.2, 0) is 14.4 Å². The summed E-state index contributed by atoms with van der Waals surface area (Å²) in [5.74, 6) is 0.756. The van der Waals surface area contributed by atoms with Crippen molar-refractivity contribution in [3.05, 3.63) is 0 Å². The lowest BCUT2D eigenvalue weighted by molar-refractivity contribution is -0.146. The lowest BCUT2D eigenvalue weighted by Crippen LogP contribution is -2.54. The summed E-state index contributed by atoms with van der Waals surface area (Å²) in [6.45, 7) is 7.69. The van der Waals surface area contributed by atoms with E-state index in [1.807, 2.05) is 28.5 Å². The Labute approximate surface area is 144 Å². The molecule has 3 aliphatic rings. The first-order valence-electron chi connectivity index (χ1n) is 9.33. The number of piperazine rings is 1. The molecule has 1 aliphatic carbocycles. The molecule has 0 aromatic rings. The second-order valence-corrected chi connectivity index (χ2v) is 7.70. The van der Waals surface area contributed by atoms with E-state index in [2.05, 4.69) is 0 Å². The average Bonchev–Trinajstić information content (AvgIpc) is 3.45. The van der Waals surface area contributed by atoms with Crippen molar-refractivity contribution < 1.29 is 14.4 Å². The van der Waals surface area contributed by atoms with Gasteiger partial charge in [-0.15, -0.1) is 0 Å². The van der Waals surface area contributed by atoms with E-state index in [1.54, 1.807) is 0 Å². The predicted octanol–water partition coefficient (Wildman–Crippen LogP) is 0.962. The predicted molar refractivity (Wildman–Crippen MR) is 90.0 cm³/mol. The Hall–Kier alpha value is -1.59. The zero-order valence-corrected chi connectivity index (χ0v) is 14.9. The number of carbonyl (C=O) groups is 3. The molecule has 0 aromatic carbocycles. The third-order valence-electron chi connectivity index (χ3n) is 5.41. The van der Waals surface area contributed by atoms with E-state index < -0.39 is 0 Å². The highest BCUT2D eigenvalue weighted by Gasteiger charge is 2.38. The molecule has 3 amide bonds. The first-order chi connectivity index (χ1) is 11.5. The van der Waals surface area contributed by atoms with Crippen molar-refractivity contribution in [2.45, 2.75) is 39.5 Å². The van der Waals surface area contributed by atoms with Crippen LogP contribution in [0.1, 0.15) is 39.5 Å². The summed E-state index contributed by atoms with van der Waals surface area (Å²) in [5, 5.41) is 0. The smallest absolute Gasteiger partial charge is 0.227 e. The van der Waals surface area contributed by atoms with Crippen LogP contribution in [0.5, 0.6) is 0 Å². The van der Waals surface area contributed by atoms with Gasteiger partial charge in [-0.05, 0) is 25.7 Å². The lowest BCUT2D eigenvalue weighted by Gasteiger charge is -2.39. The van der Waals surface area contributed by atoms with Crippen molar-refractivity contribution in [3.8, 4) is 0 Å². The van der Waals surface area contributed by atoms with Crippen LogP contribution in [0.4, 0.5) is 0 Å². The second-order valence-electron chi connectivity index (χ2n) is 7.70. The van der Waals surface area contributed by atoms with Gasteiger partial charge in [0.15, 0.2) is 0 Å². The normalized spacial score (nSPS) is 25.1. The molecule has 0 spiro atoms. The van der Waals surface area contributed by atoms with Crippen molar-refractivity contribution >= 4 is 17.7 Å². The number of hydrogen-bond donors (Lipinski definition) is 0. The molecule has 6 heteroatoms. The Morgan fingerprint density at radius 1 is 0.750 bits per heavy atom. The molecule has 0 radical (unpaired) electrons. The zero-order chi connectivity index (χ0) is 17.3. The maximum atomic E-state index is 12.8. The van der Waals surface area contributed by atoms with Crippen molar-refractivity contribution in [1.29, 1.82) is 0 Å². The number of amides is 3. The van der Waals surface area contributed by atoms with Gasteiger partial charge in [-0.25, -0.2) is 0 Å². The molecular weight excluding hydrogens is 306 g/mol. The molecule has 0 N–H and O–H groups in total. The Morgan fingerprint density at radius 3 is 1.92 bits per heavy atom. The van der Waals surface area contributed by atoms with E-state index in [1.165, 1.54) is 0 Å². The number of hydrogen-bond acceptors (Lipinski definition) is 3. The largest absolute Gasteiger partial charge is 0.342 e. The SMILES string of the molecule is CC(C)C(=O)N1CCN(C(=O)C2CCCN(C(=O)C3CC3)C2)CC1. The molecule has 1 saturated carbocycles. The topological polar surface area (TPSA) is 60.9 Å². The van der Waals surface area contributed by atoms with Gasteiger partial charge in [-0.3, -0.25) is 14.4 Å². The number of rotatable bonds is 3. The molecule has 1 unspecified atom stereocenters. The Bertz CT molecular complexity index is 508. The highest BCUT2D eigenvalue weighted by molar-refractivity contribution is 5.84. The van der Waals surface area contributed by atoms with Crippen LogP contribution >= 0.6 is 0 Å². The molecule has 1 atom stereocenters. The van der Waals surface area contributed by atoms with Crippen LogP contribution < -0.4 is 0 Å². The molecular formula is C18H29N3O3. The summed E-state index contributed by atoms with van der Waals surface area (Å²) < 4.78 is 0. The van der Waals surface area contributed by atoms with E-state index >= 15 is 0 Å². The van der Waals surface area contributed by atoms with Gasteiger partial charge in [0.25, 0.3) is 0 Å². The molecule has 6 nitrogen and oxygen atoms in total. The second kappa shape index (κ2) is 7.11. The molecule has 0 bridgehead atoms. The van der Waals surface area contributed by atoms with Gasteiger partial charge in [-0.1, -0.05) is 13.8 Å². The Balaban J connectivity index is 1.51. The minimum Gasteiger partial charge on any atom is -0.342 e. The minimum absolute atomic E-state index is 0.00703. The van der Waals surface area contributed by atoms with Crippen molar-refractivity contribution in [1.82, 2.24) is 14.7 Å². The average molecular weight is 335 g/mol. The van der Waals surface area contributed by atoms with E-state index in [4.69, 9.17) is 0 Å². The number of piperidine rings is 1. The van der Waals surface area contributed by atoms with Gasteiger partial charge in [0.05, 0.1) is 5.92 Å². The van der Waals surface area contributed by atoms with Crippen molar-refractivity contribution in [2.75, 3.05) is 39.3 Å². The van der Waals surface area contributed by atoms with E-state index in [0.717, 1.165) is 32.2 Å². The molecule has 2 aliphatic heterocycles. The Kier molecular flexibility index (Phi) is 5.11. The van der Waals surface area contributed by atoms with Crippen molar-refractivity contribution in [2.24, 2.45) is 17.8 Å². The van der Waals surface area contributed by atoms with Gasteiger partial charge in [0, 0.05) is 51.1 Å². The van der Waals surface area contributed by atoms with Gasteiger partial charge >= 0.3 is 0 Å². The Morgan fingerprint density at radius 2 is 1.33 bits per heavy atom. The number of carbonyl (C=O) groups excluding carboxylic acids is 3. The number of likely N-dealkylation sites (tertiary alicyclic amines) is 1. The van der Waals surface area contributed by atoms with E-state index in [-0.39, 0.29) is 35.5 Å².